The maximum absolute atomic E-state index is 12.8. The van der Waals surface area contributed by atoms with Crippen molar-refractivity contribution in [2.45, 2.75) is 40.0 Å². The zero-order valence-electron chi connectivity index (χ0n) is 19.8. The summed E-state index contributed by atoms with van der Waals surface area (Å²) in [6.07, 6.45) is 2.58. The number of urea groups is 1. The molecule has 0 bridgehead atoms. The first-order chi connectivity index (χ1) is 16.0. The Balaban J connectivity index is 1.53. The van der Waals surface area contributed by atoms with Crippen molar-refractivity contribution in [1.29, 1.82) is 0 Å². The number of nitrogens with one attached hydrogen (secondary N) is 1. The fourth-order valence-electron chi connectivity index (χ4n) is 4.34. The highest BCUT2D eigenvalue weighted by atomic mass is 16.2. The Morgan fingerprint density at radius 3 is 2.42 bits per heavy atom. The van der Waals surface area contributed by atoms with Crippen molar-refractivity contribution in [3.8, 4) is 0 Å². The molecule has 6 nitrogen and oxygen atoms in total. The minimum Gasteiger partial charge on any atom is -0.354 e. The molecule has 0 atom stereocenters. The second-order valence-electron chi connectivity index (χ2n) is 8.66. The standard InChI is InChI=1S/C27H33N5O/c1-4-25-24(19-22-13-11-20(2)12-14-22)26(29-21(3)28-25)31-15-8-16-32(18-17-31)27(33)30-23-9-6-5-7-10-23/h5-7,9-14H,4,8,15-19H2,1-3H3,(H,30,33). The van der Waals surface area contributed by atoms with Gasteiger partial charge in [-0.25, -0.2) is 14.8 Å². The van der Waals surface area contributed by atoms with Crippen LogP contribution in [0.4, 0.5) is 16.3 Å². The first-order valence-corrected chi connectivity index (χ1v) is 11.8. The molecule has 4 rings (SSSR count). The molecule has 0 saturated carbocycles. The van der Waals surface area contributed by atoms with Gasteiger partial charge in [-0.2, -0.15) is 0 Å². The molecule has 1 aromatic heterocycles. The van der Waals surface area contributed by atoms with Gasteiger partial charge in [0.15, 0.2) is 0 Å². The van der Waals surface area contributed by atoms with Crippen LogP contribution in [0, 0.1) is 13.8 Å². The molecule has 2 aromatic carbocycles. The third-order valence-electron chi connectivity index (χ3n) is 6.13. The van der Waals surface area contributed by atoms with Crippen LogP contribution in [0.2, 0.25) is 0 Å². The second kappa shape index (κ2) is 10.5. The number of carbonyl (C=O) groups excluding carboxylic acids is 1. The smallest absolute Gasteiger partial charge is 0.321 e. The van der Waals surface area contributed by atoms with E-state index in [9.17, 15) is 4.79 Å². The number of aromatic nitrogens is 2. The summed E-state index contributed by atoms with van der Waals surface area (Å²) >= 11 is 0. The van der Waals surface area contributed by atoms with Crippen LogP contribution in [0.25, 0.3) is 0 Å². The van der Waals surface area contributed by atoms with Crippen molar-refractivity contribution in [2.75, 3.05) is 36.4 Å². The minimum absolute atomic E-state index is 0.0453. The number of hydrogen-bond acceptors (Lipinski definition) is 4. The van der Waals surface area contributed by atoms with Gasteiger partial charge in [0, 0.05) is 49.5 Å². The van der Waals surface area contributed by atoms with Crippen molar-refractivity contribution < 1.29 is 4.79 Å². The predicted molar refractivity (Wildman–Crippen MR) is 134 cm³/mol. The molecule has 1 saturated heterocycles. The van der Waals surface area contributed by atoms with Crippen molar-refractivity contribution in [2.24, 2.45) is 0 Å². The molecule has 1 N–H and O–H groups in total. The van der Waals surface area contributed by atoms with E-state index in [-0.39, 0.29) is 6.03 Å². The quantitative estimate of drug-likeness (QED) is 0.603. The van der Waals surface area contributed by atoms with Crippen LogP contribution in [0.1, 0.15) is 41.6 Å². The van der Waals surface area contributed by atoms with E-state index in [1.165, 1.54) is 16.7 Å². The van der Waals surface area contributed by atoms with Gasteiger partial charge in [-0.1, -0.05) is 55.0 Å². The van der Waals surface area contributed by atoms with E-state index in [1.807, 2.05) is 42.2 Å². The first kappa shape index (κ1) is 22.8. The fraction of sp³-hybridized carbons (Fsp3) is 0.370. The summed E-state index contributed by atoms with van der Waals surface area (Å²) in [6, 6.07) is 18.3. The lowest BCUT2D eigenvalue weighted by Gasteiger charge is -2.26. The lowest BCUT2D eigenvalue weighted by molar-refractivity contribution is 0.215. The van der Waals surface area contributed by atoms with Gasteiger partial charge in [-0.3, -0.25) is 0 Å². The molecule has 6 heteroatoms. The van der Waals surface area contributed by atoms with Gasteiger partial charge in [0.05, 0.1) is 0 Å². The summed E-state index contributed by atoms with van der Waals surface area (Å²) in [5, 5.41) is 3.01. The molecule has 172 valence electrons. The van der Waals surface area contributed by atoms with Crippen molar-refractivity contribution in [3.63, 3.8) is 0 Å². The number of rotatable bonds is 5. The molecule has 33 heavy (non-hydrogen) atoms. The SMILES string of the molecule is CCc1nc(C)nc(N2CCCN(C(=O)Nc3ccccc3)CC2)c1Cc1ccc(C)cc1. The van der Waals surface area contributed by atoms with Crippen LogP contribution >= 0.6 is 0 Å². The second-order valence-corrected chi connectivity index (χ2v) is 8.66. The summed E-state index contributed by atoms with van der Waals surface area (Å²) in [5.41, 5.74) is 5.66. The minimum atomic E-state index is -0.0453. The number of benzene rings is 2. The molecular formula is C27H33N5O. The van der Waals surface area contributed by atoms with Gasteiger partial charge < -0.3 is 15.1 Å². The molecule has 0 aliphatic carbocycles. The molecule has 1 fully saturated rings. The molecule has 0 spiro atoms. The largest absolute Gasteiger partial charge is 0.354 e. The van der Waals surface area contributed by atoms with E-state index >= 15 is 0 Å². The molecule has 3 aromatic rings. The Morgan fingerprint density at radius 2 is 1.70 bits per heavy atom. The summed E-state index contributed by atoms with van der Waals surface area (Å²) in [4.78, 5) is 26.7. The number of nitrogens with zero attached hydrogens (tertiary/aromatic N) is 4. The van der Waals surface area contributed by atoms with Crippen LogP contribution in [0.15, 0.2) is 54.6 Å². The van der Waals surface area contributed by atoms with E-state index in [0.717, 1.165) is 61.9 Å². The molecule has 0 unspecified atom stereocenters. The van der Waals surface area contributed by atoms with Crippen molar-refractivity contribution in [1.82, 2.24) is 14.9 Å². The van der Waals surface area contributed by atoms with Crippen LogP contribution in [-0.4, -0.2) is 47.1 Å². The monoisotopic (exact) mass is 443 g/mol. The van der Waals surface area contributed by atoms with Gasteiger partial charge >= 0.3 is 6.03 Å². The Hall–Kier alpha value is -3.41. The Kier molecular flexibility index (Phi) is 7.23. The van der Waals surface area contributed by atoms with E-state index in [2.05, 4.69) is 48.3 Å². The average Bonchev–Trinajstić information content (AvgIpc) is 3.08. The number of aryl methyl sites for hydroxylation is 3. The Morgan fingerprint density at radius 1 is 0.939 bits per heavy atom. The number of anilines is 2. The Labute approximate surface area is 196 Å². The third kappa shape index (κ3) is 5.69. The topological polar surface area (TPSA) is 61.4 Å². The Bertz CT molecular complexity index is 1080. The normalized spacial score (nSPS) is 14.2. The van der Waals surface area contributed by atoms with Crippen LogP contribution in [-0.2, 0) is 12.8 Å². The van der Waals surface area contributed by atoms with Crippen molar-refractivity contribution >= 4 is 17.5 Å². The lowest BCUT2D eigenvalue weighted by Crippen LogP contribution is -2.38. The van der Waals surface area contributed by atoms with E-state index < -0.39 is 0 Å². The molecule has 0 radical (unpaired) electrons. The molecule has 1 aliphatic rings. The number of para-hydroxylation sites is 1. The highest BCUT2D eigenvalue weighted by molar-refractivity contribution is 5.89. The maximum atomic E-state index is 12.8. The number of hydrogen-bond donors (Lipinski definition) is 1. The molecule has 2 heterocycles. The van der Waals surface area contributed by atoms with Gasteiger partial charge in [0.25, 0.3) is 0 Å². The van der Waals surface area contributed by atoms with Crippen LogP contribution < -0.4 is 10.2 Å². The predicted octanol–water partition coefficient (Wildman–Crippen LogP) is 4.99. The summed E-state index contributed by atoms with van der Waals surface area (Å²) < 4.78 is 0. The summed E-state index contributed by atoms with van der Waals surface area (Å²) in [6.45, 7) is 9.25. The van der Waals surface area contributed by atoms with Gasteiger partial charge in [-0.05, 0) is 44.4 Å². The van der Waals surface area contributed by atoms with Crippen molar-refractivity contribution in [3.05, 3.63) is 82.8 Å². The summed E-state index contributed by atoms with van der Waals surface area (Å²) in [7, 11) is 0. The van der Waals surface area contributed by atoms with Gasteiger partial charge in [0.2, 0.25) is 0 Å². The zero-order chi connectivity index (χ0) is 23.2. The van der Waals surface area contributed by atoms with Crippen LogP contribution in [0.3, 0.4) is 0 Å². The summed E-state index contributed by atoms with van der Waals surface area (Å²) in [5.74, 6) is 1.82. The highest BCUT2D eigenvalue weighted by Gasteiger charge is 2.23. The molecule has 2 amide bonds. The number of carbonyl (C=O) groups is 1. The van der Waals surface area contributed by atoms with Gasteiger partial charge in [-0.15, -0.1) is 0 Å². The molecule has 1 aliphatic heterocycles. The fourth-order valence-corrected chi connectivity index (χ4v) is 4.34. The van der Waals surface area contributed by atoms with E-state index in [1.54, 1.807) is 0 Å². The van der Waals surface area contributed by atoms with E-state index in [0.29, 0.717) is 6.54 Å². The van der Waals surface area contributed by atoms with E-state index in [4.69, 9.17) is 9.97 Å². The zero-order valence-corrected chi connectivity index (χ0v) is 19.8. The maximum Gasteiger partial charge on any atom is 0.321 e. The average molecular weight is 444 g/mol. The third-order valence-corrected chi connectivity index (χ3v) is 6.13. The number of amides is 2. The van der Waals surface area contributed by atoms with Gasteiger partial charge in [0.1, 0.15) is 11.6 Å². The first-order valence-electron chi connectivity index (χ1n) is 11.8. The lowest BCUT2D eigenvalue weighted by atomic mass is 10.0. The highest BCUT2D eigenvalue weighted by Crippen LogP contribution is 2.26. The molecular weight excluding hydrogens is 410 g/mol. The van der Waals surface area contributed by atoms with Crippen LogP contribution in [0.5, 0.6) is 0 Å².